The Morgan fingerprint density at radius 2 is 1.94 bits per heavy atom. The summed E-state index contributed by atoms with van der Waals surface area (Å²) in [6.45, 7) is 1.80. The van der Waals surface area contributed by atoms with E-state index in [1.54, 1.807) is 25.1 Å². The molecule has 1 amide bonds. The monoisotopic (exact) mass is 433 g/mol. The van der Waals surface area contributed by atoms with Gasteiger partial charge in [0.15, 0.2) is 0 Å². The number of esters is 1. The second-order valence-electron chi connectivity index (χ2n) is 6.72. The van der Waals surface area contributed by atoms with Gasteiger partial charge in [-0.3, -0.25) is 14.2 Å². The lowest BCUT2D eigenvalue weighted by Gasteiger charge is -2.09. The van der Waals surface area contributed by atoms with Crippen molar-refractivity contribution in [2.75, 3.05) is 11.9 Å². The lowest BCUT2D eigenvalue weighted by molar-refractivity contribution is -0.116. The molecule has 8 heteroatoms. The van der Waals surface area contributed by atoms with Crippen molar-refractivity contribution in [3.05, 3.63) is 82.2 Å². The molecule has 0 aliphatic carbocycles. The van der Waals surface area contributed by atoms with E-state index < -0.39 is 11.9 Å². The highest BCUT2D eigenvalue weighted by Gasteiger charge is 2.14. The number of hydrogen-bond acceptors (Lipinski definition) is 6. The molecule has 2 aromatic carbocycles. The van der Waals surface area contributed by atoms with Crippen molar-refractivity contribution in [3.8, 4) is 11.1 Å². The topological polar surface area (TPSA) is 90.3 Å². The fraction of sp³-hybridized carbons (Fsp3) is 0.130. The number of aromatic nitrogens is 2. The molecule has 0 radical (unpaired) electrons. The molecule has 4 rings (SSSR count). The molecule has 0 bridgehead atoms. The molecule has 31 heavy (non-hydrogen) atoms. The molecule has 156 valence electrons. The molecular formula is C23H19N3O4S. The lowest BCUT2D eigenvalue weighted by Crippen LogP contribution is -2.27. The first-order chi connectivity index (χ1) is 15.1. The van der Waals surface area contributed by atoms with E-state index in [4.69, 9.17) is 4.74 Å². The Morgan fingerprint density at radius 1 is 1.13 bits per heavy atom. The third-order valence-corrected chi connectivity index (χ3v) is 5.56. The van der Waals surface area contributed by atoms with Gasteiger partial charge in [0.1, 0.15) is 11.2 Å². The van der Waals surface area contributed by atoms with E-state index in [1.165, 1.54) is 28.3 Å². The standard InChI is InChI=1S/C23H19N3O4S/c1-2-30-23(29)16-9-6-10-17(11-16)25-19(27)12-26-14-24-20-18(13-31-21(20)22(26)28)15-7-4-3-5-8-15/h3-11,13-14H,2,12H2,1H3,(H,25,27). The normalized spacial score (nSPS) is 10.7. The van der Waals surface area contributed by atoms with Crippen LogP contribution in [-0.2, 0) is 16.1 Å². The molecule has 2 aromatic heterocycles. The van der Waals surface area contributed by atoms with E-state index in [0.29, 0.717) is 21.5 Å². The molecule has 0 fully saturated rings. The van der Waals surface area contributed by atoms with E-state index in [9.17, 15) is 14.4 Å². The Morgan fingerprint density at radius 3 is 2.71 bits per heavy atom. The van der Waals surface area contributed by atoms with Crippen molar-refractivity contribution in [2.45, 2.75) is 13.5 Å². The van der Waals surface area contributed by atoms with E-state index in [1.807, 2.05) is 35.7 Å². The summed E-state index contributed by atoms with van der Waals surface area (Å²) >= 11 is 1.31. The summed E-state index contributed by atoms with van der Waals surface area (Å²) in [5, 5.41) is 4.61. The van der Waals surface area contributed by atoms with Crippen molar-refractivity contribution in [1.82, 2.24) is 9.55 Å². The van der Waals surface area contributed by atoms with Crippen molar-refractivity contribution >= 4 is 39.1 Å². The van der Waals surface area contributed by atoms with Gasteiger partial charge in [0, 0.05) is 16.6 Å². The summed E-state index contributed by atoms with van der Waals surface area (Å²) in [6, 6.07) is 16.2. The van der Waals surface area contributed by atoms with Gasteiger partial charge >= 0.3 is 5.97 Å². The van der Waals surface area contributed by atoms with Crippen molar-refractivity contribution < 1.29 is 14.3 Å². The number of ether oxygens (including phenoxy) is 1. The third kappa shape index (κ3) is 4.39. The van der Waals surface area contributed by atoms with Crippen molar-refractivity contribution in [2.24, 2.45) is 0 Å². The molecule has 0 saturated heterocycles. The number of benzene rings is 2. The summed E-state index contributed by atoms with van der Waals surface area (Å²) in [5.41, 5.74) is 3.02. The third-order valence-electron chi connectivity index (χ3n) is 4.60. The maximum Gasteiger partial charge on any atom is 0.338 e. The predicted octanol–water partition coefficient (Wildman–Crippen LogP) is 3.94. The SMILES string of the molecule is CCOC(=O)c1cccc(NC(=O)Cn2cnc3c(-c4ccccc4)csc3c2=O)c1. The number of hydrogen-bond donors (Lipinski definition) is 1. The Kier molecular flexibility index (Phi) is 5.90. The number of amides is 1. The Hall–Kier alpha value is -3.78. The number of rotatable bonds is 6. The second kappa shape index (κ2) is 8.93. The molecule has 0 aliphatic heterocycles. The van der Waals surface area contributed by atoms with Crippen LogP contribution in [0.2, 0.25) is 0 Å². The first-order valence-corrected chi connectivity index (χ1v) is 10.5. The fourth-order valence-electron chi connectivity index (χ4n) is 3.17. The first-order valence-electron chi connectivity index (χ1n) is 9.66. The number of anilines is 1. The van der Waals surface area contributed by atoms with Crippen LogP contribution < -0.4 is 10.9 Å². The van der Waals surface area contributed by atoms with Gasteiger partial charge in [-0.05, 0) is 30.7 Å². The Labute approximate surface area is 181 Å². The number of carbonyl (C=O) groups excluding carboxylic acids is 2. The maximum atomic E-state index is 12.9. The van der Waals surface area contributed by atoms with Crippen LogP contribution in [0, 0.1) is 0 Å². The van der Waals surface area contributed by atoms with Crippen LogP contribution in [0.3, 0.4) is 0 Å². The number of carbonyl (C=O) groups is 2. The highest BCUT2D eigenvalue weighted by molar-refractivity contribution is 7.17. The van der Waals surface area contributed by atoms with Crippen LogP contribution in [0.1, 0.15) is 17.3 Å². The van der Waals surface area contributed by atoms with Crippen molar-refractivity contribution in [3.63, 3.8) is 0 Å². The molecule has 7 nitrogen and oxygen atoms in total. The molecule has 1 N–H and O–H groups in total. The van der Waals surface area contributed by atoms with Gasteiger partial charge in [0.2, 0.25) is 5.91 Å². The van der Waals surface area contributed by atoms with E-state index in [0.717, 1.165) is 11.1 Å². The molecule has 4 aromatic rings. The lowest BCUT2D eigenvalue weighted by atomic mass is 10.1. The molecule has 0 atom stereocenters. The number of fused-ring (bicyclic) bond motifs is 1. The van der Waals surface area contributed by atoms with Gasteiger partial charge in [-0.25, -0.2) is 9.78 Å². The zero-order valence-electron chi connectivity index (χ0n) is 16.7. The molecule has 0 aliphatic rings. The molecule has 0 unspecified atom stereocenters. The van der Waals surface area contributed by atoms with Gasteiger partial charge in [-0.1, -0.05) is 36.4 Å². The quantitative estimate of drug-likeness (QED) is 0.465. The smallest absolute Gasteiger partial charge is 0.338 e. The maximum absolute atomic E-state index is 12.9. The Bertz CT molecular complexity index is 1310. The molecule has 0 saturated carbocycles. The van der Waals surface area contributed by atoms with Crippen LogP contribution >= 0.6 is 11.3 Å². The first kappa shape index (κ1) is 20.5. The minimum Gasteiger partial charge on any atom is -0.462 e. The zero-order valence-corrected chi connectivity index (χ0v) is 17.5. The molecular weight excluding hydrogens is 414 g/mol. The van der Waals surface area contributed by atoms with Crippen LogP contribution in [-0.4, -0.2) is 28.0 Å². The van der Waals surface area contributed by atoms with Crippen molar-refractivity contribution in [1.29, 1.82) is 0 Å². The minimum atomic E-state index is -0.462. The van der Waals surface area contributed by atoms with E-state index in [-0.39, 0.29) is 18.7 Å². The molecule has 2 heterocycles. The average molecular weight is 433 g/mol. The van der Waals surface area contributed by atoms with Crippen LogP contribution in [0.4, 0.5) is 5.69 Å². The van der Waals surface area contributed by atoms with Gasteiger partial charge < -0.3 is 10.1 Å². The van der Waals surface area contributed by atoms with Gasteiger partial charge in [0.05, 0.1) is 24.0 Å². The fourth-order valence-corrected chi connectivity index (χ4v) is 4.15. The van der Waals surface area contributed by atoms with E-state index in [2.05, 4.69) is 10.3 Å². The summed E-state index contributed by atoms with van der Waals surface area (Å²) in [7, 11) is 0. The minimum absolute atomic E-state index is 0.190. The predicted molar refractivity (Wildman–Crippen MR) is 120 cm³/mol. The van der Waals surface area contributed by atoms with Crippen LogP contribution in [0.15, 0.2) is 71.1 Å². The largest absolute Gasteiger partial charge is 0.462 e. The molecule has 0 spiro atoms. The van der Waals surface area contributed by atoms with Gasteiger partial charge in [-0.15, -0.1) is 11.3 Å². The van der Waals surface area contributed by atoms with Crippen LogP contribution in [0.5, 0.6) is 0 Å². The number of thiophene rings is 1. The van der Waals surface area contributed by atoms with Gasteiger partial charge in [-0.2, -0.15) is 0 Å². The zero-order chi connectivity index (χ0) is 21.8. The highest BCUT2D eigenvalue weighted by atomic mass is 32.1. The van der Waals surface area contributed by atoms with E-state index >= 15 is 0 Å². The number of nitrogens with one attached hydrogen (secondary N) is 1. The summed E-state index contributed by atoms with van der Waals surface area (Å²) in [4.78, 5) is 41.6. The van der Waals surface area contributed by atoms with Gasteiger partial charge in [0.25, 0.3) is 5.56 Å². The highest BCUT2D eigenvalue weighted by Crippen LogP contribution is 2.30. The second-order valence-corrected chi connectivity index (χ2v) is 7.60. The summed E-state index contributed by atoms with van der Waals surface area (Å²) in [6.07, 6.45) is 1.39. The summed E-state index contributed by atoms with van der Waals surface area (Å²) in [5.74, 6) is -0.861. The Balaban J connectivity index is 1.53. The average Bonchev–Trinajstić information content (AvgIpc) is 3.21. The number of nitrogens with zero attached hydrogens (tertiary/aromatic N) is 2. The van der Waals surface area contributed by atoms with Crippen LogP contribution in [0.25, 0.3) is 21.3 Å². The summed E-state index contributed by atoms with van der Waals surface area (Å²) < 4.78 is 6.74.